The van der Waals surface area contributed by atoms with Crippen LogP contribution < -0.4 is 4.74 Å². The lowest BCUT2D eigenvalue weighted by atomic mass is 9.71. The SMILES string of the molecule is COc1ccc(CC(=O)C2(C)CCCCC2)cc1. The first-order valence-electron chi connectivity index (χ1n) is 6.80. The van der Waals surface area contributed by atoms with E-state index in [0.29, 0.717) is 12.2 Å². The standard InChI is InChI=1S/C16H22O2/c1-16(10-4-3-5-11-16)15(17)12-13-6-8-14(18-2)9-7-13/h6-9H,3-5,10-12H2,1-2H3. The van der Waals surface area contributed by atoms with Gasteiger partial charge in [-0.3, -0.25) is 4.79 Å². The minimum Gasteiger partial charge on any atom is -0.497 e. The molecule has 1 aliphatic rings. The molecule has 0 amide bonds. The summed E-state index contributed by atoms with van der Waals surface area (Å²) in [7, 11) is 1.66. The van der Waals surface area contributed by atoms with E-state index in [4.69, 9.17) is 4.74 Å². The number of hydrogen-bond acceptors (Lipinski definition) is 2. The van der Waals surface area contributed by atoms with Crippen molar-refractivity contribution in [3.63, 3.8) is 0 Å². The number of ketones is 1. The number of carbonyl (C=O) groups is 1. The molecule has 0 aromatic heterocycles. The lowest BCUT2D eigenvalue weighted by Gasteiger charge is -2.32. The van der Waals surface area contributed by atoms with E-state index >= 15 is 0 Å². The highest BCUT2D eigenvalue weighted by Gasteiger charge is 2.33. The predicted molar refractivity (Wildman–Crippen MR) is 72.9 cm³/mol. The summed E-state index contributed by atoms with van der Waals surface area (Å²) in [4.78, 5) is 12.4. The monoisotopic (exact) mass is 246 g/mol. The molecule has 2 nitrogen and oxygen atoms in total. The molecular weight excluding hydrogens is 224 g/mol. The Hall–Kier alpha value is -1.31. The molecule has 1 fully saturated rings. The topological polar surface area (TPSA) is 26.3 Å². The summed E-state index contributed by atoms with van der Waals surface area (Å²) in [5, 5.41) is 0. The fourth-order valence-corrected chi connectivity index (χ4v) is 2.75. The number of hydrogen-bond donors (Lipinski definition) is 0. The number of methoxy groups -OCH3 is 1. The average molecular weight is 246 g/mol. The molecule has 1 saturated carbocycles. The van der Waals surface area contributed by atoms with Crippen LogP contribution in [-0.2, 0) is 11.2 Å². The number of rotatable bonds is 4. The Morgan fingerprint density at radius 3 is 2.33 bits per heavy atom. The number of benzene rings is 1. The fraction of sp³-hybridized carbons (Fsp3) is 0.562. The van der Waals surface area contributed by atoms with Gasteiger partial charge in [0.05, 0.1) is 7.11 Å². The van der Waals surface area contributed by atoms with Gasteiger partial charge in [-0.2, -0.15) is 0 Å². The predicted octanol–water partition coefficient (Wildman–Crippen LogP) is 3.78. The van der Waals surface area contributed by atoms with Gasteiger partial charge in [-0.05, 0) is 30.5 Å². The molecule has 0 radical (unpaired) electrons. The highest BCUT2D eigenvalue weighted by molar-refractivity contribution is 5.86. The number of Topliss-reactive ketones (excluding diaryl/α,β-unsaturated/α-hetero) is 1. The van der Waals surface area contributed by atoms with Crippen molar-refractivity contribution in [2.24, 2.45) is 5.41 Å². The lowest BCUT2D eigenvalue weighted by molar-refractivity contribution is -0.128. The normalized spacial score (nSPS) is 18.3. The second-order valence-corrected chi connectivity index (χ2v) is 5.57. The summed E-state index contributed by atoms with van der Waals surface area (Å²) >= 11 is 0. The van der Waals surface area contributed by atoms with E-state index < -0.39 is 0 Å². The van der Waals surface area contributed by atoms with Crippen molar-refractivity contribution in [2.75, 3.05) is 7.11 Å². The van der Waals surface area contributed by atoms with Gasteiger partial charge in [0.2, 0.25) is 0 Å². The first-order valence-corrected chi connectivity index (χ1v) is 6.80. The Balaban J connectivity index is 2.01. The maximum atomic E-state index is 12.4. The third kappa shape index (κ3) is 2.92. The molecule has 0 N–H and O–H groups in total. The third-order valence-corrected chi connectivity index (χ3v) is 4.15. The second kappa shape index (κ2) is 5.55. The van der Waals surface area contributed by atoms with Crippen LogP contribution in [0.2, 0.25) is 0 Å². The number of ether oxygens (including phenoxy) is 1. The third-order valence-electron chi connectivity index (χ3n) is 4.15. The van der Waals surface area contributed by atoms with Crippen molar-refractivity contribution in [3.05, 3.63) is 29.8 Å². The summed E-state index contributed by atoms with van der Waals surface area (Å²) < 4.78 is 5.13. The zero-order chi connectivity index (χ0) is 13.0. The molecule has 0 heterocycles. The highest BCUT2D eigenvalue weighted by Crippen LogP contribution is 2.37. The van der Waals surface area contributed by atoms with Gasteiger partial charge in [0, 0.05) is 11.8 Å². The molecule has 1 aromatic carbocycles. The summed E-state index contributed by atoms with van der Waals surface area (Å²) in [6.07, 6.45) is 6.35. The van der Waals surface area contributed by atoms with E-state index in [9.17, 15) is 4.79 Å². The van der Waals surface area contributed by atoms with Gasteiger partial charge in [-0.1, -0.05) is 38.3 Å². The van der Waals surface area contributed by atoms with Gasteiger partial charge in [-0.15, -0.1) is 0 Å². The van der Waals surface area contributed by atoms with E-state index in [0.717, 1.165) is 24.2 Å². The van der Waals surface area contributed by atoms with Crippen LogP contribution in [0, 0.1) is 5.41 Å². The van der Waals surface area contributed by atoms with Crippen molar-refractivity contribution < 1.29 is 9.53 Å². The smallest absolute Gasteiger partial charge is 0.143 e. The van der Waals surface area contributed by atoms with Gasteiger partial charge in [0.1, 0.15) is 11.5 Å². The Labute approximate surface area is 109 Å². The minimum absolute atomic E-state index is 0.0851. The average Bonchev–Trinajstić information content (AvgIpc) is 2.40. The zero-order valence-electron chi connectivity index (χ0n) is 11.4. The largest absolute Gasteiger partial charge is 0.497 e. The van der Waals surface area contributed by atoms with E-state index in [1.165, 1.54) is 19.3 Å². The van der Waals surface area contributed by atoms with E-state index in [1.807, 2.05) is 24.3 Å². The van der Waals surface area contributed by atoms with Crippen molar-refractivity contribution >= 4 is 5.78 Å². The maximum absolute atomic E-state index is 12.4. The van der Waals surface area contributed by atoms with E-state index in [2.05, 4.69) is 6.92 Å². The summed E-state index contributed by atoms with van der Waals surface area (Å²) in [6, 6.07) is 7.82. The quantitative estimate of drug-likeness (QED) is 0.808. The molecule has 2 heteroatoms. The molecule has 0 bridgehead atoms. The van der Waals surface area contributed by atoms with Crippen LogP contribution in [0.5, 0.6) is 5.75 Å². The van der Waals surface area contributed by atoms with Crippen LogP contribution >= 0.6 is 0 Å². The zero-order valence-corrected chi connectivity index (χ0v) is 11.4. The maximum Gasteiger partial charge on any atom is 0.143 e. The van der Waals surface area contributed by atoms with Gasteiger partial charge in [-0.25, -0.2) is 0 Å². The Kier molecular flexibility index (Phi) is 4.05. The van der Waals surface area contributed by atoms with Crippen LogP contribution in [0.1, 0.15) is 44.6 Å². The van der Waals surface area contributed by atoms with E-state index in [1.54, 1.807) is 7.11 Å². The molecule has 18 heavy (non-hydrogen) atoms. The van der Waals surface area contributed by atoms with Gasteiger partial charge >= 0.3 is 0 Å². The molecular formula is C16H22O2. The van der Waals surface area contributed by atoms with Gasteiger partial charge < -0.3 is 4.74 Å². The molecule has 1 aromatic rings. The van der Waals surface area contributed by atoms with Crippen molar-refractivity contribution in [1.82, 2.24) is 0 Å². The summed E-state index contributed by atoms with van der Waals surface area (Å²) in [5.74, 6) is 1.24. The van der Waals surface area contributed by atoms with Crippen LogP contribution in [0.25, 0.3) is 0 Å². The molecule has 0 saturated heterocycles. The molecule has 0 unspecified atom stereocenters. The molecule has 0 atom stereocenters. The lowest BCUT2D eigenvalue weighted by Crippen LogP contribution is -2.31. The summed E-state index contributed by atoms with van der Waals surface area (Å²) in [6.45, 7) is 2.14. The Bertz CT molecular complexity index is 400. The first-order chi connectivity index (χ1) is 8.64. The van der Waals surface area contributed by atoms with Crippen LogP contribution in [0.3, 0.4) is 0 Å². The highest BCUT2D eigenvalue weighted by atomic mass is 16.5. The van der Waals surface area contributed by atoms with Gasteiger partial charge in [0.15, 0.2) is 0 Å². The Morgan fingerprint density at radius 2 is 1.78 bits per heavy atom. The number of carbonyl (C=O) groups excluding carboxylic acids is 1. The molecule has 0 aliphatic heterocycles. The Morgan fingerprint density at radius 1 is 1.17 bits per heavy atom. The van der Waals surface area contributed by atoms with Crippen molar-refractivity contribution in [2.45, 2.75) is 45.4 Å². The second-order valence-electron chi connectivity index (χ2n) is 5.57. The van der Waals surface area contributed by atoms with Crippen molar-refractivity contribution in [1.29, 1.82) is 0 Å². The fourth-order valence-electron chi connectivity index (χ4n) is 2.75. The van der Waals surface area contributed by atoms with Crippen molar-refractivity contribution in [3.8, 4) is 5.75 Å². The van der Waals surface area contributed by atoms with E-state index in [-0.39, 0.29) is 5.41 Å². The molecule has 1 aliphatic carbocycles. The van der Waals surface area contributed by atoms with Crippen LogP contribution in [0.4, 0.5) is 0 Å². The first kappa shape index (κ1) is 13.1. The molecule has 0 spiro atoms. The van der Waals surface area contributed by atoms with Crippen LogP contribution in [-0.4, -0.2) is 12.9 Å². The molecule has 2 rings (SSSR count). The minimum atomic E-state index is -0.0851. The van der Waals surface area contributed by atoms with Gasteiger partial charge in [0.25, 0.3) is 0 Å². The van der Waals surface area contributed by atoms with Crippen LogP contribution in [0.15, 0.2) is 24.3 Å². The molecule has 98 valence electrons. The summed E-state index contributed by atoms with van der Waals surface area (Å²) in [5.41, 5.74) is 1.01.